The SMILES string of the molecule is Cc1ccc(S(=O)(=O)OCC(C)OCC(C)OCC(C)OCC(C)OCC(C)OCC(C)OS(=O)(=O)c2ccc(C)cc2)cc1. The van der Waals surface area contributed by atoms with Gasteiger partial charge in [-0.1, -0.05) is 35.4 Å². The van der Waals surface area contributed by atoms with Gasteiger partial charge in [-0.2, -0.15) is 16.8 Å². The first-order valence-corrected chi connectivity index (χ1v) is 17.9. The summed E-state index contributed by atoms with van der Waals surface area (Å²) in [6.07, 6.45) is -2.02. The molecular weight excluding hydrogens is 624 g/mol. The second kappa shape index (κ2) is 19.0. The summed E-state index contributed by atoms with van der Waals surface area (Å²) in [4.78, 5) is 0.218. The van der Waals surface area contributed by atoms with Gasteiger partial charge < -0.3 is 23.7 Å². The summed E-state index contributed by atoms with van der Waals surface area (Å²) in [6, 6.07) is 12.9. The molecule has 0 amide bonds. The van der Waals surface area contributed by atoms with E-state index in [-0.39, 0.29) is 54.0 Å². The fourth-order valence-electron chi connectivity index (χ4n) is 3.70. The van der Waals surface area contributed by atoms with Crippen molar-refractivity contribution in [2.24, 2.45) is 0 Å². The molecule has 6 atom stereocenters. The van der Waals surface area contributed by atoms with Crippen LogP contribution >= 0.6 is 0 Å². The lowest BCUT2D eigenvalue weighted by atomic mass is 10.2. The largest absolute Gasteiger partial charge is 0.373 e. The van der Waals surface area contributed by atoms with Gasteiger partial charge in [0.05, 0.1) is 86.1 Å². The summed E-state index contributed by atoms with van der Waals surface area (Å²) in [5, 5.41) is 0. The van der Waals surface area contributed by atoms with Crippen molar-refractivity contribution in [1.29, 1.82) is 0 Å². The van der Waals surface area contributed by atoms with Crippen molar-refractivity contribution in [3.8, 4) is 0 Å². The number of hydrogen-bond acceptors (Lipinski definition) is 11. The van der Waals surface area contributed by atoms with Crippen LogP contribution in [-0.2, 0) is 52.3 Å². The van der Waals surface area contributed by atoms with Crippen molar-refractivity contribution in [1.82, 2.24) is 0 Å². The molecule has 0 radical (unpaired) electrons. The van der Waals surface area contributed by atoms with Crippen LogP contribution in [0.3, 0.4) is 0 Å². The highest BCUT2D eigenvalue weighted by molar-refractivity contribution is 7.87. The van der Waals surface area contributed by atoms with E-state index in [2.05, 4.69) is 0 Å². The summed E-state index contributed by atoms with van der Waals surface area (Å²) in [6.45, 7) is 15.9. The molecular formula is C32H50O11S2. The predicted octanol–water partition coefficient (Wildman–Crippen LogP) is 4.83. The molecule has 0 aromatic heterocycles. The summed E-state index contributed by atoms with van der Waals surface area (Å²) in [5.74, 6) is 0. The molecule has 0 aliphatic carbocycles. The first kappa shape index (κ1) is 39.2. The maximum Gasteiger partial charge on any atom is 0.297 e. The van der Waals surface area contributed by atoms with E-state index in [1.165, 1.54) is 24.3 Å². The van der Waals surface area contributed by atoms with Crippen molar-refractivity contribution < 1.29 is 48.9 Å². The summed E-state index contributed by atoms with van der Waals surface area (Å²) in [5.41, 5.74) is 1.92. The minimum absolute atomic E-state index is 0.0924. The zero-order valence-corrected chi connectivity index (χ0v) is 29.3. The van der Waals surface area contributed by atoms with Crippen LogP contribution < -0.4 is 0 Å². The highest BCUT2D eigenvalue weighted by atomic mass is 32.2. The lowest BCUT2D eigenvalue weighted by Crippen LogP contribution is -2.30. The maximum absolute atomic E-state index is 12.4. The molecule has 0 aliphatic rings. The molecule has 2 aromatic carbocycles. The van der Waals surface area contributed by atoms with E-state index in [1.54, 1.807) is 38.1 Å². The van der Waals surface area contributed by atoms with Gasteiger partial charge in [-0.15, -0.1) is 0 Å². The van der Waals surface area contributed by atoms with Crippen molar-refractivity contribution >= 4 is 20.2 Å². The molecule has 0 heterocycles. The summed E-state index contributed by atoms with van der Waals surface area (Å²) in [7, 11) is -7.72. The standard InChI is InChI=1S/C32H50O11S2/c1-23-9-13-31(14-10-23)44(33,34)42-22-29(7)40-20-27(5)38-18-25(3)37-17-26(4)39-19-28(6)41-21-30(8)43-45(35,36)32-15-11-24(2)12-16-32/h9-16,25-30H,17-22H2,1-8H3. The van der Waals surface area contributed by atoms with Gasteiger partial charge >= 0.3 is 0 Å². The number of rotatable bonds is 22. The van der Waals surface area contributed by atoms with Crippen LogP contribution in [-0.4, -0.2) is 93.1 Å². The van der Waals surface area contributed by atoms with Gasteiger partial charge in [-0.25, -0.2) is 0 Å². The molecule has 2 rings (SSSR count). The summed E-state index contributed by atoms with van der Waals surface area (Å²) < 4.78 is 88.8. The molecule has 0 spiro atoms. The fraction of sp³-hybridized carbons (Fsp3) is 0.625. The maximum atomic E-state index is 12.4. The highest BCUT2D eigenvalue weighted by Crippen LogP contribution is 2.16. The van der Waals surface area contributed by atoms with Gasteiger partial charge in [0.25, 0.3) is 20.2 Å². The Labute approximate surface area is 269 Å². The second-order valence-electron chi connectivity index (χ2n) is 11.4. The molecule has 13 heteroatoms. The molecule has 11 nitrogen and oxygen atoms in total. The molecule has 45 heavy (non-hydrogen) atoms. The smallest absolute Gasteiger partial charge is 0.297 e. The zero-order valence-electron chi connectivity index (χ0n) is 27.6. The highest BCUT2D eigenvalue weighted by Gasteiger charge is 2.21. The molecule has 0 aliphatic heterocycles. The Morgan fingerprint density at radius 3 is 1.09 bits per heavy atom. The monoisotopic (exact) mass is 674 g/mol. The number of ether oxygens (including phenoxy) is 5. The Balaban J connectivity index is 1.56. The van der Waals surface area contributed by atoms with Crippen LogP contribution in [0.4, 0.5) is 0 Å². The number of aryl methyl sites for hydroxylation is 2. The first-order valence-electron chi connectivity index (χ1n) is 15.1. The van der Waals surface area contributed by atoms with Crippen LogP contribution in [0.25, 0.3) is 0 Å². The van der Waals surface area contributed by atoms with Gasteiger partial charge in [0.15, 0.2) is 0 Å². The average molecular weight is 675 g/mol. The number of benzene rings is 2. The molecule has 0 saturated heterocycles. The van der Waals surface area contributed by atoms with Crippen molar-refractivity contribution in [3.05, 3.63) is 59.7 Å². The Kier molecular flexibility index (Phi) is 16.6. The third-order valence-corrected chi connectivity index (χ3v) is 9.17. The topological polar surface area (TPSA) is 133 Å². The second-order valence-corrected chi connectivity index (χ2v) is 14.6. The molecule has 0 saturated carbocycles. The molecule has 0 fully saturated rings. The number of hydrogen-bond donors (Lipinski definition) is 0. The Morgan fingerprint density at radius 1 is 0.444 bits per heavy atom. The van der Waals surface area contributed by atoms with E-state index in [0.717, 1.165) is 11.1 Å². The van der Waals surface area contributed by atoms with E-state index in [4.69, 9.17) is 32.1 Å². The average Bonchev–Trinajstić information content (AvgIpc) is 2.98. The Morgan fingerprint density at radius 2 is 0.733 bits per heavy atom. The third kappa shape index (κ3) is 15.5. The van der Waals surface area contributed by atoms with Crippen molar-refractivity contribution in [2.45, 2.75) is 102 Å². The van der Waals surface area contributed by atoms with E-state index in [1.807, 2.05) is 41.5 Å². The van der Waals surface area contributed by atoms with Crippen molar-refractivity contribution in [3.63, 3.8) is 0 Å². The fourth-order valence-corrected chi connectivity index (χ4v) is 5.75. The quantitative estimate of drug-likeness (QED) is 0.159. The minimum atomic E-state index is -3.87. The van der Waals surface area contributed by atoms with Crippen LogP contribution in [0.5, 0.6) is 0 Å². The Bertz CT molecular complexity index is 1330. The molecule has 0 bridgehead atoms. The Hall–Kier alpha value is -1.94. The van der Waals surface area contributed by atoms with Crippen LogP contribution in [0.1, 0.15) is 52.7 Å². The third-order valence-electron chi connectivity index (χ3n) is 6.45. The predicted molar refractivity (Wildman–Crippen MR) is 170 cm³/mol. The van der Waals surface area contributed by atoms with Gasteiger partial charge in [0.1, 0.15) is 0 Å². The normalized spacial score (nSPS) is 16.5. The molecule has 256 valence electrons. The van der Waals surface area contributed by atoms with Crippen LogP contribution in [0.15, 0.2) is 58.3 Å². The summed E-state index contributed by atoms with van der Waals surface area (Å²) >= 11 is 0. The van der Waals surface area contributed by atoms with Crippen LogP contribution in [0, 0.1) is 13.8 Å². The van der Waals surface area contributed by atoms with Gasteiger partial charge in [0, 0.05) is 0 Å². The lowest BCUT2D eigenvalue weighted by molar-refractivity contribution is -0.0991. The lowest BCUT2D eigenvalue weighted by Gasteiger charge is -2.22. The van der Waals surface area contributed by atoms with Gasteiger partial charge in [-0.3, -0.25) is 8.37 Å². The minimum Gasteiger partial charge on any atom is -0.373 e. The first-order chi connectivity index (χ1) is 21.1. The van der Waals surface area contributed by atoms with E-state index < -0.39 is 32.4 Å². The molecule has 6 unspecified atom stereocenters. The van der Waals surface area contributed by atoms with E-state index in [0.29, 0.717) is 19.8 Å². The van der Waals surface area contributed by atoms with Crippen LogP contribution in [0.2, 0.25) is 0 Å². The van der Waals surface area contributed by atoms with Crippen molar-refractivity contribution in [2.75, 3.05) is 39.6 Å². The molecule has 0 N–H and O–H groups in total. The van der Waals surface area contributed by atoms with Gasteiger partial charge in [0.2, 0.25) is 0 Å². The molecule has 2 aromatic rings. The zero-order chi connectivity index (χ0) is 33.6. The van der Waals surface area contributed by atoms with Gasteiger partial charge in [-0.05, 0) is 79.7 Å². The van der Waals surface area contributed by atoms with E-state index in [9.17, 15) is 16.8 Å². The van der Waals surface area contributed by atoms with E-state index >= 15 is 0 Å².